The van der Waals surface area contributed by atoms with Crippen molar-refractivity contribution in [3.05, 3.63) is 58.1 Å². The van der Waals surface area contributed by atoms with Gasteiger partial charge in [0.2, 0.25) is 5.39 Å². The van der Waals surface area contributed by atoms with Crippen LogP contribution in [0.3, 0.4) is 0 Å². The molecule has 0 aliphatic heterocycles. The van der Waals surface area contributed by atoms with Crippen molar-refractivity contribution in [3.8, 4) is 0 Å². The summed E-state index contributed by atoms with van der Waals surface area (Å²) < 4.78 is 0. The van der Waals surface area contributed by atoms with Gasteiger partial charge in [0.05, 0.1) is 0 Å². The van der Waals surface area contributed by atoms with Crippen LogP contribution in [0.25, 0.3) is 4.98 Å². The van der Waals surface area contributed by atoms with E-state index in [1.807, 2.05) is 13.0 Å². The first kappa shape index (κ1) is 14.6. The molecule has 2 aromatic carbocycles. The summed E-state index contributed by atoms with van der Waals surface area (Å²) in [5.74, 6) is 0. The topological polar surface area (TPSA) is 28.1 Å². The average molecular weight is 283 g/mol. The zero-order chi connectivity index (χ0) is 14.5. The summed E-state index contributed by atoms with van der Waals surface area (Å²) in [6.07, 6.45) is 2.25. The normalized spacial score (nSPS) is 10.3. The summed E-state index contributed by atoms with van der Waals surface area (Å²) in [6, 6.07) is 12.6. The van der Waals surface area contributed by atoms with Crippen molar-refractivity contribution in [3.63, 3.8) is 0 Å². The Morgan fingerprint density at radius 3 is 2.50 bits per heavy atom. The predicted molar refractivity (Wildman–Crippen MR) is 85.2 cm³/mol. The van der Waals surface area contributed by atoms with Crippen molar-refractivity contribution >= 4 is 17.4 Å². The SMILES string of the molecule is CCCc1ccccc1Sc1cc(C)c([N+]#N)cc1C. The number of diazo groups is 1. The molecule has 0 fully saturated rings. The third kappa shape index (κ3) is 3.20. The van der Waals surface area contributed by atoms with Crippen LogP contribution in [0.4, 0.5) is 5.69 Å². The minimum absolute atomic E-state index is 0.647. The highest BCUT2D eigenvalue weighted by Gasteiger charge is 2.14. The molecule has 0 atom stereocenters. The summed E-state index contributed by atoms with van der Waals surface area (Å²) in [6.45, 7) is 6.23. The predicted octanol–water partition coefficient (Wildman–Crippen LogP) is 5.89. The number of nitrogens with zero attached hydrogens (tertiary/aromatic N) is 2. The van der Waals surface area contributed by atoms with Crippen LogP contribution in [0.5, 0.6) is 0 Å². The number of rotatable bonds is 4. The van der Waals surface area contributed by atoms with Gasteiger partial charge in [-0.25, -0.2) is 0 Å². The van der Waals surface area contributed by atoms with E-state index >= 15 is 0 Å². The van der Waals surface area contributed by atoms with Crippen LogP contribution < -0.4 is 0 Å². The highest BCUT2D eigenvalue weighted by Crippen LogP contribution is 2.36. The van der Waals surface area contributed by atoms with E-state index in [9.17, 15) is 0 Å². The van der Waals surface area contributed by atoms with Crippen molar-refractivity contribution in [2.75, 3.05) is 0 Å². The lowest BCUT2D eigenvalue weighted by molar-refractivity contribution is 0.900. The zero-order valence-electron chi connectivity index (χ0n) is 12.2. The molecular weight excluding hydrogens is 264 g/mol. The van der Waals surface area contributed by atoms with Crippen LogP contribution in [-0.2, 0) is 6.42 Å². The summed E-state index contributed by atoms with van der Waals surface area (Å²) in [5, 5.41) is 8.96. The first-order valence-electron chi connectivity index (χ1n) is 6.87. The van der Waals surface area contributed by atoms with Crippen molar-refractivity contribution in [1.29, 1.82) is 5.39 Å². The largest absolute Gasteiger partial charge is 0.388 e. The van der Waals surface area contributed by atoms with Gasteiger partial charge in [0.1, 0.15) is 0 Å². The molecule has 0 amide bonds. The van der Waals surface area contributed by atoms with Gasteiger partial charge in [0.15, 0.2) is 4.98 Å². The Labute approximate surface area is 124 Å². The number of aryl methyl sites for hydroxylation is 3. The molecule has 0 saturated heterocycles. The Morgan fingerprint density at radius 1 is 1.05 bits per heavy atom. The molecule has 0 radical (unpaired) electrons. The van der Waals surface area contributed by atoms with E-state index < -0.39 is 0 Å². The Bertz CT molecular complexity index is 657. The van der Waals surface area contributed by atoms with E-state index in [0.717, 1.165) is 24.0 Å². The van der Waals surface area contributed by atoms with Gasteiger partial charge in [-0.2, -0.15) is 0 Å². The molecule has 0 saturated carbocycles. The first-order valence-corrected chi connectivity index (χ1v) is 7.69. The van der Waals surface area contributed by atoms with E-state index in [1.165, 1.54) is 15.4 Å². The molecule has 0 aromatic heterocycles. The third-order valence-corrected chi connectivity index (χ3v) is 4.59. The molecule has 0 heterocycles. The molecule has 0 unspecified atom stereocenters. The fourth-order valence-corrected chi connectivity index (χ4v) is 3.33. The Kier molecular flexibility index (Phi) is 4.81. The second-order valence-corrected chi connectivity index (χ2v) is 6.05. The molecule has 3 heteroatoms. The van der Waals surface area contributed by atoms with Crippen LogP contribution in [0.1, 0.15) is 30.0 Å². The molecule has 20 heavy (non-hydrogen) atoms. The molecule has 0 aliphatic rings. The van der Waals surface area contributed by atoms with Gasteiger partial charge in [-0.1, -0.05) is 43.3 Å². The van der Waals surface area contributed by atoms with Crippen LogP contribution in [0, 0.1) is 19.2 Å². The lowest BCUT2D eigenvalue weighted by Crippen LogP contribution is -1.88. The summed E-state index contributed by atoms with van der Waals surface area (Å²) in [4.78, 5) is 5.85. The second kappa shape index (κ2) is 6.58. The Balaban J connectivity index is 2.36. The lowest BCUT2D eigenvalue weighted by Gasteiger charge is -2.10. The van der Waals surface area contributed by atoms with Gasteiger partial charge in [0.25, 0.3) is 0 Å². The van der Waals surface area contributed by atoms with Gasteiger partial charge in [-0.05, 0) is 43.5 Å². The van der Waals surface area contributed by atoms with Crippen LogP contribution >= 0.6 is 11.8 Å². The number of benzene rings is 2. The number of hydrogen-bond donors (Lipinski definition) is 0. The van der Waals surface area contributed by atoms with Gasteiger partial charge in [0, 0.05) is 21.4 Å². The molecule has 2 nitrogen and oxygen atoms in total. The van der Waals surface area contributed by atoms with E-state index in [1.54, 1.807) is 11.8 Å². The van der Waals surface area contributed by atoms with Crippen molar-refractivity contribution < 1.29 is 0 Å². The van der Waals surface area contributed by atoms with Gasteiger partial charge < -0.3 is 0 Å². The summed E-state index contributed by atoms with van der Waals surface area (Å²) >= 11 is 1.79. The molecule has 0 aliphatic carbocycles. The van der Waals surface area contributed by atoms with Crippen molar-refractivity contribution in [1.82, 2.24) is 0 Å². The van der Waals surface area contributed by atoms with Crippen LogP contribution in [-0.4, -0.2) is 0 Å². The minimum atomic E-state index is 0.647. The average Bonchev–Trinajstić information content (AvgIpc) is 2.45. The van der Waals surface area contributed by atoms with E-state index in [-0.39, 0.29) is 0 Å². The van der Waals surface area contributed by atoms with E-state index in [2.05, 4.69) is 49.2 Å². The van der Waals surface area contributed by atoms with Gasteiger partial charge in [-0.3, -0.25) is 0 Å². The molecule has 0 spiro atoms. The standard InChI is InChI=1S/C17H19N2S/c1-4-7-14-8-5-6-9-16(14)20-17-11-12(2)15(19-18)10-13(17)3/h5-6,8-11H,4,7H2,1-3H3/q+1. The zero-order valence-corrected chi connectivity index (χ0v) is 13.0. The second-order valence-electron chi connectivity index (χ2n) is 4.96. The minimum Gasteiger partial charge on any atom is -0.0895 e. The van der Waals surface area contributed by atoms with Gasteiger partial charge in [-0.15, -0.1) is 0 Å². The molecule has 2 aromatic rings. The molecule has 102 valence electrons. The summed E-state index contributed by atoms with van der Waals surface area (Å²) in [5.41, 5.74) is 4.18. The highest BCUT2D eigenvalue weighted by atomic mass is 32.2. The van der Waals surface area contributed by atoms with E-state index in [0.29, 0.717) is 5.69 Å². The maximum Gasteiger partial charge on any atom is 0.388 e. The van der Waals surface area contributed by atoms with Crippen LogP contribution in [0.2, 0.25) is 0 Å². The fraction of sp³-hybridized carbons (Fsp3) is 0.294. The van der Waals surface area contributed by atoms with Gasteiger partial charge >= 0.3 is 5.69 Å². The maximum absolute atomic E-state index is 8.96. The Morgan fingerprint density at radius 2 is 1.80 bits per heavy atom. The lowest BCUT2D eigenvalue weighted by atomic mass is 10.1. The summed E-state index contributed by atoms with van der Waals surface area (Å²) in [7, 11) is 0. The molecular formula is C17H19N2S+. The van der Waals surface area contributed by atoms with Crippen molar-refractivity contribution in [2.45, 2.75) is 43.4 Å². The van der Waals surface area contributed by atoms with Crippen LogP contribution in [0.15, 0.2) is 46.2 Å². The quantitative estimate of drug-likeness (QED) is 0.654. The van der Waals surface area contributed by atoms with E-state index in [4.69, 9.17) is 5.39 Å². The van der Waals surface area contributed by atoms with Crippen molar-refractivity contribution in [2.24, 2.45) is 0 Å². The number of hydrogen-bond acceptors (Lipinski definition) is 2. The Hall–Kier alpha value is -1.79. The fourth-order valence-electron chi connectivity index (χ4n) is 2.19. The molecule has 0 N–H and O–H groups in total. The molecule has 2 rings (SSSR count). The highest BCUT2D eigenvalue weighted by molar-refractivity contribution is 7.99. The maximum atomic E-state index is 8.96. The monoisotopic (exact) mass is 283 g/mol. The third-order valence-electron chi connectivity index (χ3n) is 3.31. The molecule has 0 bridgehead atoms. The first-order chi connectivity index (χ1) is 9.65. The smallest absolute Gasteiger partial charge is 0.0895 e.